The van der Waals surface area contributed by atoms with Gasteiger partial charge in [0.05, 0.1) is 6.10 Å². The molecule has 2 unspecified atom stereocenters. The van der Waals surface area contributed by atoms with Crippen molar-refractivity contribution in [1.82, 2.24) is 5.32 Å². The first-order valence-corrected chi connectivity index (χ1v) is 5.42. The normalized spacial score (nSPS) is 16.7. The number of aliphatic hydroxyl groups is 1. The summed E-state index contributed by atoms with van der Waals surface area (Å²) in [6.07, 6.45) is 0.129. The maximum Gasteiger partial charge on any atom is 0.441 e. The van der Waals surface area contributed by atoms with Crippen LogP contribution in [0.15, 0.2) is 0 Å². The molecule has 2 N–H and O–H groups in total. The van der Waals surface area contributed by atoms with Gasteiger partial charge in [-0.25, -0.2) is 0 Å². The predicted molar refractivity (Wildman–Crippen MR) is 52.3 cm³/mol. The number of hydrogen-bond donors (Lipinski definition) is 2. The molecule has 0 aromatic rings. The van der Waals surface area contributed by atoms with Crippen molar-refractivity contribution in [2.24, 2.45) is 0 Å². The van der Waals surface area contributed by atoms with Crippen molar-refractivity contribution in [1.29, 1.82) is 0 Å². The van der Waals surface area contributed by atoms with Gasteiger partial charge in [-0.1, -0.05) is 0 Å². The largest absolute Gasteiger partial charge is 0.441 e. The lowest BCUT2D eigenvalue weighted by molar-refractivity contribution is -0.0327. The van der Waals surface area contributed by atoms with Crippen molar-refractivity contribution in [3.05, 3.63) is 0 Å². The van der Waals surface area contributed by atoms with Gasteiger partial charge in [-0.15, -0.1) is 0 Å². The van der Waals surface area contributed by atoms with Gasteiger partial charge in [0.1, 0.15) is 0 Å². The quantitative estimate of drug-likeness (QED) is 0.686. The second-order valence-electron chi connectivity index (χ2n) is 3.23. The first kappa shape index (κ1) is 14.1. The van der Waals surface area contributed by atoms with Crippen molar-refractivity contribution in [3.63, 3.8) is 0 Å². The first-order chi connectivity index (χ1) is 6.31. The van der Waals surface area contributed by atoms with E-state index in [2.05, 4.69) is 5.32 Å². The van der Waals surface area contributed by atoms with Crippen molar-refractivity contribution in [3.8, 4) is 0 Å². The molecule has 14 heavy (non-hydrogen) atoms. The highest BCUT2D eigenvalue weighted by Crippen LogP contribution is 2.29. The van der Waals surface area contributed by atoms with E-state index in [-0.39, 0.29) is 23.6 Å². The summed E-state index contributed by atoms with van der Waals surface area (Å²) >= 11 is -0.0306. The third-order valence-corrected chi connectivity index (χ3v) is 2.29. The van der Waals surface area contributed by atoms with Crippen LogP contribution in [-0.2, 0) is 0 Å². The van der Waals surface area contributed by atoms with E-state index < -0.39 is 11.6 Å². The van der Waals surface area contributed by atoms with Gasteiger partial charge in [0.2, 0.25) is 0 Å². The lowest BCUT2D eigenvalue weighted by Gasteiger charge is -2.15. The minimum Gasteiger partial charge on any atom is -0.393 e. The van der Waals surface area contributed by atoms with E-state index in [0.717, 1.165) is 0 Å². The van der Waals surface area contributed by atoms with Crippen molar-refractivity contribution < 1.29 is 18.3 Å². The molecular formula is C8H16F3NOS. The van der Waals surface area contributed by atoms with Crippen LogP contribution in [0.5, 0.6) is 0 Å². The number of alkyl halides is 3. The zero-order chi connectivity index (χ0) is 11.2. The van der Waals surface area contributed by atoms with Gasteiger partial charge in [-0.2, -0.15) is 13.2 Å². The van der Waals surface area contributed by atoms with E-state index in [4.69, 9.17) is 5.11 Å². The van der Waals surface area contributed by atoms with Crippen LogP contribution >= 0.6 is 11.8 Å². The first-order valence-electron chi connectivity index (χ1n) is 4.43. The lowest BCUT2D eigenvalue weighted by atomic mass is 10.1. The molecule has 0 aromatic heterocycles. The summed E-state index contributed by atoms with van der Waals surface area (Å²) in [5, 5.41) is 11.9. The van der Waals surface area contributed by atoms with E-state index in [1.54, 1.807) is 6.92 Å². The van der Waals surface area contributed by atoms with Crippen molar-refractivity contribution >= 4 is 11.8 Å². The van der Waals surface area contributed by atoms with Crippen LogP contribution in [0.1, 0.15) is 20.3 Å². The van der Waals surface area contributed by atoms with E-state index in [0.29, 0.717) is 13.0 Å². The van der Waals surface area contributed by atoms with Gasteiger partial charge < -0.3 is 10.4 Å². The summed E-state index contributed by atoms with van der Waals surface area (Å²) in [5.41, 5.74) is -4.14. The Bertz CT molecular complexity index is 152. The summed E-state index contributed by atoms with van der Waals surface area (Å²) < 4.78 is 35.1. The number of nitrogens with one attached hydrogen (secondary N) is 1. The highest BCUT2D eigenvalue weighted by Gasteiger charge is 2.27. The minimum absolute atomic E-state index is 0.00759. The maximum atomic E-state index is 11.7. The molecule has 0 aliphatic rings. The van der Waals surface area contributed by atoms with Gasteiger partial charge in [-0.3, -0.25) is 0 Å². The van der Waals surface area contributed by atoms with Crippen LogP contribution in [0.25, 0.3) is 0 Å². The maximum absolute atomic E-state index is 11.7. The fourth-order valence-corrected chi connectivity index (χ4v) is 1.52. The summed E-state index contributed by atoms with van der Waals surface area (Å²) in [4.78, 5) is 0. The molecule has 0 saturated heterocycles. The second-order valence-corrected chi connectivity index (χ2v) is 4.39. The highest BCUT2D eigenvalue weighted by atomic mass is 32.2. The standard InChI is InChI=1S/C8H16F3NOS/c1-6(5-7(2)13)12-3-4-14-8(9,10)11/h6-7,12-13H,3-5H2,1-2H3. The van der Waals surface area contributed by atoms with Crippen LogP contribution in [0.3, 0.4) is 0 Å². The van der Waals surface area contributed by atoms with Crippen molar-refractivity contribution in [2.45, 2.75) is 37.9 Å². The average molecular weight is 231 g/mol. The van der Waals surface area contributed by atoms with Gasteiger partial charge >= 0.3 is 5.51 Å². The molecule has 2 nitrogen and oxygen atoms in total. The fraction of sp³-hybridized carbons (Fsp3) is 1.00. The molecule has 0 heterocycles. The molecule has 86 valence electrons. The van der Waals surface area contributed by atoms with Crippen LogP contribution < -0.4 is 5.32 Å². The number of thioether (sulfide) groups is 1. The fourth-order valence-electron chi connectivity index (χ4n) is 1.07. The number of halogens is 3. The van der Waals surface area contributed by atoms with Crippen LogP contribution in [0.4, 0.5) is 13.2 Å². The van der Waals surface area contributed by atoms with Crippen LogP contribution in [-0.4, -0.2) is 35.1 Å². The van der Waals surface area contributed by atoms with Gasteiger partial charge in [0, 0.05) is 18.3 Å². The Hall–Kier alpha value is 0.0600. The Labute approximate surface area is 86.3 Å². The topological polar surface area (TPSA) is 32.3 Å². The molecule has 0 amide bonds. The molecule has 0 aliphatic heterocycles. The van der Waals surface area contributed by atoms with E-state index in [1.807, 2.05) is 6.92 Å². The van der Waals surface area contributed by atoms with E-state index >= 15 is 0 Å². The Morgan fingerprint density at radius 3 is 2.36 bits per heavy atom. The van der Waals surface area contributed by atoms with Crippen LogP contribution in [0.2, 0.25) is 0 Å². The molecule has 0 aliphatic carbocycles. The summed E-state index contributed by atoms with van der Waals surface area (Å²) in [6.45, 7) is 3.80. The number of aliphatic hydroxyl groups excluding tert-OH is 1. The number of rotatable bonds is 6. The molecule has 0 fully saturated rings. The number of hydrogen-bond acceptors (Lipinski definition) is 3. The van der Waals surface area contributed by atoms with Crippen LogP contribution in [0, 0.1) is 0 Å². The smallest absolute Gasteiger partial charge is 0.393 e. The van der Waals surface area contributed by atoms with E-state index in [9.17, 15) is 13.2 Å². The second kappa shape index (κ2) is 6.53. The van der Waals surface area contributed by atoms with E-state index in [1.165, 1.54) is 0 Å². The molecule has 0 spiro atoms. The molecule has 0 bridgehead atoms. The Balaban J connectivity index is 3.36. The van der Waals surface area contributed by atoms with Gasteiger partial charge in [0.15, 0.2) is 0 Å². The SMILES string of the molecule is CC(O)CC(C)NCCSC(F)(F)F. The molecule has 0 aromatic carbocycles. The molecular weight excluding hydrogens is 215 g/mol. The van der Waals surface area contributed by atoms with Gasteiger partial charge in [0.25, 0.3) is 0 Å². The van der Waals surface area contributed by atoms with Gasteiger partial charge in [-0.05, 0) is 32.0 Å². The monoisotopic (exact) mass is 231 g/mol. The Morgan fingerprint density at radius 2 is 1.93 bits per heavy atom. The van der Waals surface area contributed by atoms with Crippen molar-refractivity contribution in [2.75, 3.05) is 12.3 Å². The average Bonchev–Trinajstić information content (AvgIpc) is 1.95. The summed E-state index contributed by atoms with van der Waals surface area (Å²) in [7, 11) is 0. The summed E-state index contributed by atoms with van der Waals surface area (Å²) in [5.74, 6) is 0.00759. The minimum atomic E-state index is -4.14. The summed E-state index contributed by atoms with van der Waals surface area (Å²) in [6, 6.07) is 0.0452. The molecule has 0 saturated carbocycles. The molecule has 6 heteroatoms. The lowest BCUT2D eigenvalue weighted by Crippen LogP contribution is -2.31. The third-order valence-electron chi connectivity index (χ3n) is 1.56. The molecule has 2 atom stereocenters. The Kier molecular flexibility index (Phi) is 6.55. The molecule has 0 radical (unpaired) electrons. The molecule has 0 rings (SSSR count). The zero-order valence-corrected chi connectivity index (χ0v) is 9.08. The zero-order valence-electron chi connectivity index (χ0n) is 8.27. The highest BCUT2D eigenvalue weighted by molar-refractivity contribution is 8.00. The third kappa shape index (κ3) is 10.1. The predicted octanol–water partition coefficient (Wildman–Crippen LogP) is 1.99. The Morgan fingerprint density at radius 1 is 1.36 bits per heavy atom.